The molecule has 0 bridgehead atoms. The smallest absolute Gasteiger partial charge is 0.126 e. The van der Waals surface area contributed by atoms with Crippen molar-refractivity contribution in [3.05, 3.63) is 149 Å². The van der Waals surface area contributed by atoms with E-state index in [1.807, 2.05) is 11.3 Å². The second-order valence-electron chi connectivity index (χ2n) is 24.5. The van der Waals surface area contributed by atoms with E-state index >= 15 is 0 Å². The lowest BCUT2D eigenvalue weighted by Gasteiger charge is -2.48. The summed E-state index contributed by atoms with van der Waals surface area (Å²) in [6.45, 7) is 25.9. The Labute approximate surface area is 404 Å². The van der Waals surface area contributed by atoms with Crippen molar-refractivity contribution in [2.24, 2.45) is 11.8 Å². The average Bonchev–Trinajstić information content (AvgIpc) is 3.78. The molecule has 342 valence electrons. The summed E-state index contributed by atoms with van der Waals surface area (Å²) >= 11 is 1.98. The SMILES string of the molecule is CC(C)(C)c1ccc(N2c3ccc(C(C)(C)C)cc3N3c4sc5cc6c(cc5c4N(c4ccc(C(C)(C)C)cc4)c4cc(C5CCCC7CCCCC75)cc2c43)-c2ccccc2C6(C)C)cc1. The molecular weight excluding hydrogens is 831 g/mol. The van der Waals surface area contributed by atoms with E-state index in [1.165, 1.54) is 150 Å². The Morgan fingerprint density at radius 2 is 1.09 bits per heavy atom. The van der Waals surface area contributed by atoms with Crippen LogP contribution in [-0.2, 0) is 21.7 Å². The second-order valence-corrected chi connectivity index (χ2v) is 25.6. The Morgan fingerprint density at radius 1 is 0.493 bits per heavy atom. The fourth-order valence-corrected chi connectivity index (χ4v) is 14.3. The van der Waals surface area contributed by atoms with Crippen LogP contribution >= 0.6 is 11.3 Å². The molecule has 67 heavy (non-hydrogen) atoms. The molecule has 0 N–H and O–H groups in total. The maximum Gasteiger partial charge on any atom is 0.126 e. The van der Waals surface area contributed by atoms with Gasteiger partial charge in [0.15, 0.2) is 0 Å². The van der Waals surface area contributed by atoms with Crippen LogP contribution in [0.15, 0.2) is 115 Å². The van der Waals surface area contributed by atoms with Crippen molar-refractivity contribution < 1.29 is 0 Å². The lowest BCUT2D eigenvalue weighted by molar-refractivity contribution is 0.144. The van der Waals surface area contributed by atoms with Gasteiger partial charge in [0.1, 0.15) is 5.00 Å². The molecule has 1 aromatic heterocycles. The van der Waals surface area contributed by atoms with Crippen LogP contribution in [0.4, 0.5) is 50.5 Å². The van der Waals surface area contributed by atoms with E-state index in [-0.39, 0.29) is 21.7 Å². The molecule has 7 aromatic rings. The molecule has 0 saturated heterocycles. The minimum Gasteiger partial charge on any atom is -0.306 e. The van der Waals surface area contributed by atoms with E-state index in [0.29, 0.717) is 5.92 Å². The molecule has 3 atom stereocenters. The first-order valence-corrected chi connectivity index (χ1v) is 26.3. The number of rotatable bonds is 3. The zero-order valence-electron chi connectivity index (χ0n) is 41.9. The molecule has 6 aromatic carbocycles. The molecule has 2 saturated carbocycles. The molecule has 0 spiro atoms. The van der Waals surface area contributed by atoms with Gasteiger partial charge in [0.25, 0.3) is 0 Å². The molecule has 2 fully saturated rings. The average molecular weight is 900 g/mol. The van der Waals surface area contributed by atoms with Crippen molar-refractivity contribution in [2.75, 3.05) is 14.7 Å². The second kappa shape index (κ2) is 14.8. The maximum absolute atomic E-state index is 2.72. The molecule has 5 aliphatic rings. The van der Waals surface area contributed by atoms with Gasteiger partial charge in [-0.1, -0.05) is 163 Å². The number of nitrogens with zero attached hydrogens (tertiary/aromatic N) is 3. The van der Waals surface area contributed by atoms with Crippen molar-refractivity contribution in [3.63, 3.8) is 0 Å². The first kappa shape index (κ1) is 43.0. The van der Waals surface area contributed by atoms with Crippen LogP contribution in [0.3, 0.4) is 0 Å². The molecule has 3 nitrogen and oxygen atoms in total. The summed E-state index contributed by atoms with van der Waals surface area (Å²) in [6.07, 6.45) is 9.47. The van der Waals surface area contributed by atoms with E-state index in [1.54, 1.807) is 0 Å². The summed E-state index contributed by atoms with van der Waals surface area (Å²) < 4.78 is 1.35. The van der Waals surface area contributed by atoms with E-state index in [0.717, 1.165) is 11.8 Å². The van der Waals surface area contributed by atoms with Crippen molar-refractivity contribution in [3.8, 4) is 11.1 Å². The molecular formula is C63H69N3S. The predicted octanol–water partition coefficient (Wildman–Crippen LogP) is 19.2. The van der Waals surface area contributed by atoms with Gasteiger partial charge in [-0.2, -0.15) is 0 Å². The highest BCUT2D eigenvalue weighted by atomic mass is 32.1. The van der Waals surface area contributed by atoms with Gasteiger partial charge >= 0.3 is 0 Å². The summed E-state index contributed by atoms with van der Waals surface area (Å²) in [5.74, 6) is 2.11. The van der Waals surface area contributed by atoms with Crippen molar-refractivity contribution in [1.29, 1.82) is 0 Å². The van der Waals surface area contributed by atoms with E-state index in [9.17, 15) is 0 Å². The highest BCUT2D eigenvalue weighted by molar-refractivity contribution is 7.24. The zero-order chi connectivity index (χ0) is 46.5. The van der Waals surface area contributed by atoms with E-state index in [4.69, 9.17) is 0 Å². The van der Waals surface area contributed by atoms with Crippen molar-refractivity contribution in [1.82, 2.24) is 0 Å². The number of thiophene rings is 1. The minimum absolute atomic E-state index is 0.0297. The largest absolute Gasteiger partial charge is 0.306 e. The summed E-state index contributed by atoms with van der Waals surface area (Å²) in [5, 5.41) is 2.63. The molecule has 12 rings (SSSR count). The lowest BCUT2D eigenvalue weighted by atomic mass is 9.63. The summed E-state index contributed by atoms with van der Waals surface area (Å²) in [4.78, 5) is 8.06. The molecule has 0 radical (unpaired) electrons. The van der Waals surface area contributed by atoms with Crippen LogP contribution in [0, 0.1) is 11.8 Å². The first-order chi connectivity index (χ1) is 31.9. The van der Waals surface area contributed by atoms with Crippen LogP contribution in [-0.4, -0.2) is 0 Å². The minimum atomic E-state index is -0.0858. The van der Waals surface area contributed by atoms with Crippen molar-refractivity contribution in [2.45, 2.75) is 149 Å². The third-order valence-corrected chi connectivity index (χ3v) is 18.0. The number of hydrogen-bond donors (Lipinski definition) is 0. The highest BCUT2D eigenvalue weighted by Crippen LogP contribution is 2.68. The Balaban J connectivity index is 1.19. The number of anilines is 9. The Morgan fingerprint density at radius 3 is 1.76 bits per heavy atom. The quantitative estimate of drug-likeness (QED) is 0.175. The van der Waals surface area contributed by atoms with Gasteiger partial charge in [0, 0.05) is 26.9 Å². The van der Waals surface area contributed by atoms with Gasteiger partial charge in [0.2, 0.25) is 0 Å². The zero-order valence-corrected chi connectivity index (χ0v) is 42.7. The standard InChI is InChI=1S/C63H69N3S/c1-60(2,3)40-23-28-43(29-24-40)64-52-32-27-42(62(7,8)9)35-53(52)66-58-54(64)33-39(46-21-16-18-38-17-12-13-19-45(38)46)34-55(58)65(44-30-25-41(26-31-44)61(4,5)6)57-49-36-48-47-20-14-15-22-50(47)63(10,11)51(48)37-56(49)67-59(57)66/h14-15,20,22-38,45-46H,12-13,16-19,21H2,1-11H3. The van der Waals surface area contributed by atoms with Gasteiger partial charge < -0.3 is 9.80 Å². The van der Waals surface area contributed by atoms with E-state index < -0.39 is 0 Å². The number of fused-ring (bicyclic) bond motifs is 10. The monoisotopic (exact) mass is 900 g/mol. The van der Waals surface area contributed by atoms with Gasteiger partial charge in [-0.3, -0.25) is 4.90 Å². The fraction of sp³-hybridized carbons (Fsp3) is 0.397. The topological polar surface area (TPSA) is 9.72 Å². The fourth-order valence-electron chi connectivity index (χ4n) is 13.1. The normalized spacial score (nSPS) is 20.5. The Kier molecular flexibility index (Phi) is 9.52. The maximum atomic E-state index is 2.72. The highest BCUT2D eigenvalue weighted by Gasteiger charge is 2.45. The molecule has 4 heteroatoms. The lowest BCUT2D eigenvalue weighted by Crippen LogP contribution is -2.32. The Bertz CT molecular complexity index is 3110. The molecule has 3 unspecified atom stereocenters. The molecule has 3 aliphatic carbocycles. The van der Waals surface area contributed by atoms with E-state index in [2.05, 4.69) is 206 Å². The molecule has 3 heterocycles. The van der Waals surface area contributed by atoms with Crippen molar-refractivity contribution >= 4 is 71.9 Å². The van der Waals surface area contributed by atoms with Crippen LogP contribution in [0.1, 0.15) is 160 Å². The van der Waals surface area contributed by atoms with Gasteiger partial charge in [-0.25, -0.2) is 0 Å². The van der Waals surface area contributed by atoms with Gasteiger partial charge in [-0.15, -0.1) is 11.3 Å². The Hall–Kier alpha value is -5.32. The summed E-state index contributed by atoms with van der Waals surface area (Å²) in [5.41, 5.74) is 21.3. The molecule has 0 amide bonds. The summed E-state index contributed by atoms with van der Waals surface area (Å²) in [6, 6.07) is 46.2. The van der Waals surface area contributed by atoms with Gasteiger partial charge in [0.05, 0.1) is 34.1 Å². The van der Waals surface area contributed by atoms with Crippen LogP contribution < -0.4 is 14.7 Å². The molecule has 2 aliphatic heterocycles. The predicted molar refractivity (Wildman–Crippen MR) is 289 cm³/mol. The first-order valence-electron chi connectivity index (χ1n) is 25.5. The summed E-state index contributed by atoms with van der Waals surface area (Å²) in [7, 11) is 0. The number of benzene rings is 6. The number of hydrogen-bond acceptors (Lipinski definition) is 4. The van der Waals surface area contributed by atoms with Crippen LogP contribution in [0.25, 0.3) is 21.2 Å². The van der Waals surface area contributed by atoms with Crippen LogP contribution in [0.5, 0.6) is 0 Å². The van der Waals surface area contributed by atoms with Crippen LogP contribution in [0.2, 0.25) is 0 Å². The van der Waals surface area contributed by atoms with Gasteiger partial charge in [-0.05, 0) is 152 Å². The third-order valence-electron chi connectivity index (χ3n) is 16.9. The third kappa shape index (κ3) is 6.62.